The van der Waals surface area contributed by atoms with Gasteiger partial charge in [-0.15, -0.1) is 0 Å². The van der Waals surface area contributed by atoms with E-state index < -0.39 is 21.5 Å². The molecule has 1 amide bonds. The summed E-state index contributed by atoms with van der Waals surface area (Å²) < 4.78 is 32.7. The SMILES string of the molecule is NC(=O)CC1(NS(=O)(=O)c2ccc(Br)cc2)COC1. The van der Waals surface area contributed by atoms with Gasteiger partial charge in [-0.25, -0.2) is 8.42 Å². The molecule has 1 aromatic rings. The molecular formula is C11H13BrN2O4S. The molecule has 1 aliphatic rings. The summed E-state index contributed by atoms with van der Waals surface area (Å²) in [4.78, 5) is 11.1. The lowest BCUT2D eigenvalue weighted by atomic mass is 9.94. The second kappa shape index (κ2) is 5.20. The van der Waals surface area contributed by atoms with Gasteiger partial charge in [0.2, 0.25) is 15.9 Å². The summed E-state index contributed by atoms with van der Waals surface area (Å²) in [7, 11) is -3.70. The molecule has 19 heavy (non-hydrogen) atoms. The molecular weight excluding hydrogens is 336 g/mol. The van der Waals surface area contributed by atoms with Gasteiger partial charge in [-0.1, -0.05) is 15.9 Å². The van der Waals surface area contributed by atoms with Gasteiger partial charge >= 0.3 is 0 Å². The Hall–Kier alpha value is -0.960. The van der Waals surface area contributed by atoms with Gasteiger partial charge in [0.05, 0.1) is 30.1 Å². The van der Waals surface area contributed by atoms with Gasteiger partial charge < -0.3 is 10.5 Å². The molecule has 104 valence electrons. The number of halogens is 1. The Morgan fingerprint density at radius 3 is 2.37 bits per heavy atom. The van der Waals surface area contributed by atoms with Crippen LogP contribution in [-0.2, 0) is 19.6 Å². The zero-order valence-electron chi connectivity index (χ0n) is 9.93. The van der Waals surface area contributed by atoms with E-state index in [1.807, 2.05) is 0 Å². The molecule has 1 fully saturated rings. The minimum absolute atomic E-state index is 0.0806. The van der Waals surface area contributed by atoms with Gasteiger partial charge in [0.15, 0.2) is 0 Å². The van der Waals surface area contributed by atoms with Gasteiger partial charge in [-0.2, -0.15) is 4.72 Å². The van der Waals surface area contributed by atoms with Crippen LogP contribution in [0.4, 0.5) is 0 Å². The molecule has 6 nitrogen and oxygen atoms in total. The third-order valence-corrected chi connectivity index (χ3v) is 4.87. The van der Waals surface area contributed by atoms with Crippen LogP contribution in [0.5, 0.6) is 0 Å². The molecule has 0 aliphatic carbocycles. The number of benzene rings is 1. The molecule has 0 bridgehead atoms. The van der Waals surface area contributed by atoms with Crippen molar-refractivity contribution >= 4 is 31.9 Å². The maximum Gasteiger partial charge on any atom is 0.241 e. The van der Waals surface area contributed by atoms with Crippen LogP contribution in [0.1, 0.15) is 6.42 Å². The third-order valence-electron chi connectivity index (χ3n) is 2.74. The first-order chi connectivity index (χ1) is 8.83. The van der Waals surface area contributed by atoms with Crippen LogP contribution in [-0.4, -0.2) is 33.1 Å². The molecule has 8 heteroatoms. The standard InChI is InChI=1S/C11H13BrN2O4S/c12-8-1-3-9(4-2-8)19(16,17)14-11(5-10(13)15)6-18-7-11/h1-4,14H,5-7H2,(H2,13,15). The van der Waals surface area contributed by atoms with E-state index in [0.717, 1.165) is 4.47 Å². The van der Waals surface area contributed by atoms with Crippen LogP contribution in [0.15, 0.2) is 33.6 Å². The topological polar surface area (TPSA) is 98.5 Å². The van der Waals surface area contributed by atoms with Crippen LogP contribution >= 0.6 is 15.9 Å². The van der Waals surface area contributed by atoms with E-state index in [1.165, 1.54) is 12.1 Å². The van der Waals surface area contributed by atoms with E-state index in [0.29, 0.717) is 0 Å². The van der Waals surface area contributed by atoms with Crippen LogP contribution in [0.25, 0.3) is 0 Å². The molecule has 3 N–H and O–H groups in total. The second-order valence-electron chi connectivity index (χ2n) is 4.48. The number of hydrogen-bond donors (Lipinski definition) is 2. The number of nitrogens with two attached hydrogens (primary N) is 1. The van der Waals surface area contributed by atoms with E-state index in [1.54, 1.807) is 12.1 Å². The van der Waals surface area contributed by atoms with Crippen LogP contribution in [0.2, 0.25) is 0 Å². The zero-order valence-corrected chi connectivity index (χ0v) is 12.3. The highest BCUT2D eigenvalue weighted by Crippen LogP contribution is 2.24. The maximum atomic E-state index is 12.2. The van der Waals surface area contributed by atoms with Crippen LogP contribution < -0.4 is 10.5 Å². The second-order valence-corrected chi connectivity index (χ2v) is 7.07. The van der Waals surface area contributed by atoms with Crippen molar-refractivity contribution < 1.29 is 17.9 Å². The summed E-state index contributed by atoms with van der Waals surface area (Å²) in [5.41, 5.74) is 4.21. The first-order valence-corrected chi connectivity index (χ1v) is 7.76. The first kappa shape index (κ1) is 14.4. The number of nitrogens with one attached hydrogen (secondary N) is 1. The molecule has 0 radical (unpaired) electrons. The molecule has 0 spiro atoms. The minimum Gasteiger partial charge on any atom is -0.377 e. The van der Waals surface area contributed by atoms with E-state index in [9.17, 15) is 13.2 Å². The highest BCUT2D eigenvalue weighted by atomic mass is 79.9. The van der Waals surface area contributed by atoms with E-state index in [-0.39, 0.29) is 24.5 Å². The average Bonchev–Trinajstić information content (AvgIpc) is 2.25. The number of amides is 1. The summed E-state index contributed by atoms with van der Waals surface area (Å²) in [5.74, 6) is -0.568. The first-order valence-electron chi connectivity index (χ1n) is 5.49. The lowest BCUT2D eigenvalue weighted by molar-refractivity contribution is -0.126. The average molecular weight is 349 g/mol. The molecule has 1 heterocycles. The monoisotopic (exact) mass is 348 g/mol. The number of carbonyl (C=O) groups excluding carboxylic acids is 1. The van der Waals surface area contributed by atoms with Gasteiger partial charge in [0.1, 0.15) is 0 Å². The van der Waals surface area contributed by atoms with Crippen molar-refractivity contribution in [1.82, 2.24) is 4.72 Å². The Balaban J connectivity index is 2.21. The normalized spacial score (nSPS) is 17.7. The summed E-state index contributed by atoms with van der Waals surface area (Å²) in [6.45, 7) is 0.289. The Morgan fingerprint density at radius 2 is 1.95 bits per heavy atom. The fraction of sp³-hybridized carbons (Fsp3) is 0.364. The maximum absolute atomic E-state index is 12.2. The summed E-state index contributed by atoms with van der Waals surface area (Å²) in [5, 5.41) is 0. The highest BCUT2D eigenvalue weighted by Gasteiger charge is 2.43. The van der Waals surface area contributed by atoms with E-state index in [2.05, 4.69) is 20.7 Å². The van der Waals surface area contributed by atoms with Crippen molar-refractivity contribution in [2.45, 2.75) is 16.9 Å². The van der Waals surface area contributed by atoms with Crippen LogP contribution in [0, 0.1) is 0 Å². The molecule has 1 aromatic carbocycles. The number of rotatable bonds is 5. The Kier molecular flexibility index (Phi) is 3.95. The lowest BCUT2D eigenvalue weighted by Crippen LogP contribution is -2.63. The third kappa shape index (κ3) is 3.33. The van der Waals surface area contributed by atoms with Crippen molar-refractivity contribution in [3.8, 4) is 0 Å². The number of ether oxygens (including phenoxy) is 1. The van der Waals surface area contributed by atoms with Crippen molar-refractivity contribution in [2.75, 3.05) is 13.2 Å². The van der Waals surface area contributed by atoms with Crippen molar-refractivity contribution in [3.05, 3.63) is 28.7 Å². The smallest absolute Gasteiger partial charge is 0.241 e. The molecule has 1 saturated heterocycles. The Labute approximate surface area is 119 Å². The molecule has 0 saturated carbocycles. The van der Waals surface area contributed by atoms with Gasteiger partial charge in [-0.3, -0.25) is 4.79 Å². The lowest BCUT2D eigenvalue weighted by Gasteiger charge is -2.40. The number of carbonyl (C=O) groups is 1. The van der Waals surface area contributed by atoms with E-state index >= 15 is 0 Å². The van der Waals surface area contributed by atoms with Crippen LogP contribution in [0.3, 0.4) is 0 Å². The fourth-order valence-electron chi connectivity index (χ4n) is 1.84. The minimum atomic E-state index is -3.70. The zero-order chi connectivity index (χ0) is 14.1. The van der Waals surface area contributed by atoms with Gasteiger partial charge in [-0.05, 0) is 24.3 Å². The number of primary amides is 1. The van der Waals surface area contributed by atoms with E-state index in [4.69, 9.17) is 10.5 Å². The number of hydrogen-bond acceptors (Lipinski definition) is 4. The molecule has 2 rings (SSSR count). The summed E-state index contributed by atoms with van der Waals surface area (Å²) >= 11 is 3.23. The predicted molar refractivity (Wildman–Crippen MR) is 71.8 cm³/mol. The Morgan fingerprint density at radius 1 is 1.37 bits per heavy atom. The fourth-order valence-corrected chi connectivity index (χ4v) is 3.47. The van der Waals surface area contributed by atoms with Gasteiger partial charge in [0, 0.05) is 4.47 Å². The Bertz CT molecular complexity index is 581. The van der Waals surface area contributed by atoms with Crippen molar-refractivity contribution in [3.63, 3.8) is 0 Å². The summed E-state index contributed by atoms with van der Waals surface area (Å²) in [6.07, 6.45) is -0.0806. The quantitative estimate of drug-likeness (QED) is 0.803. The largest absolute Gasteiger partial charge is 0.377 e. The molecule has 1 aliphatic heterocycles. The highest BCUT2D eigenvalue weighted by molar-refractivity contribution is 9.10. The number of sulfonamides is 1. The molecule has 0 aromatic heterocycles. The van der Waals surface area contributed by atoms with Crippen molar-refractivity contribution in [1.29, 1.82) is 0 Å². The molecule has 0 atom stereocenters. The molecule has 0 unspecified atom stereocenters. The summed E-state index contributed by atoms with van der Waals surface area (Å²) in [6, 6.07) is 6.22. The van der Waals surface area contributed by atoms with Gasteiger partial charge in [0.25, 0.3) is 0 Å². The predicted octanol–water partition coefficient (Wildman–Crippen LogP) is 0.372. The van der Waals surface area contributed by atoms with Crippen molar-refractivity contribution in [2.24, 2.45) is 5.73 Å².